The minimum Gasteiger partial charge on any atom is -0.456 e. The molecule has 10 rings (SSSR count). The van der Waals surface area contributed by atoms with Gasteiger partial charge in [-0.15, -0.1) is 0 Å². The van der Waals surface area contributed by atoms with Crippen molar-refractivity contribution < 1.29 is 4.42 Å². The minimum atomic E-state index is 0.870. The van der Waals surface area contributed by atoms with Gasteiger partial charge in [0.25, 0.3) is 0 Å². The van der Waals surface area contributed by atoms with Gasteiger partial charge in [0.05, 0.1) is 0 Å². The second-order valence-electron chi connectivity index (χ2n) is 12.9. The number of furan rings is 1. The van der Waals surface area contributed by atoms with Crippen molar-refractivity contribution in [1.82, 2.24) is 0 Å². The van der Waals surface area contributed by atoms with Crippen LogP contribution < -0.4 is 4.90 Å². The van der Waals surface area contributed by atoms with Crippen LogP contribution in [0, 0.1) is 0 Å². The Labute approximate surface area is 290 Å². The van der Waals surface area contributed by atoms with Gasteiger partial charge in [-0.3, -0.25) is 0 Å². The van der Waals surface area contributed by atoms with E-state index >= 15 is 0 Å². The molecule has 50 heavy (non-hydrogen) atoms. The highest BCUT2D eigenvalue weighted by atomic mass is 16.3. The molecular weight excluding hydrogens is 607 g/mol. The lowest BCUT2D eigenvalue weighted by Gasteiger charge is -2.27. The van der Waals surface area contributed by atoms with Crippen LogP contribution in [0.25, 0.3) is 76.5 Å². The van der Waals surface area contributed by atoms with Crippen molar-refractivity contribution in [2.75, 3.05) is 4.90 Å². The Bertz CT molecular complexity index is 2870. The summed E-state index contributed by atoms with van der Waals surface area (Å²) in [6.45, 7) is 0. The van der Waals surface area contributed by atoms with Crippen LogP contribution in [0.3, 0.4) is 0 Å². The summed E-state index contributed by atoms with van der Waals surface area (Å²) in [7, 11) is 0. The Hall–Kier alpha value is -6.64. The van der Waals surface area contributed by atoms with Crippen LogP contribution in [0.15, 0.2) is 192 Å². The van der Waals surface area contributed by atoms with Gasteiger partial charge in [0.1, 0.15) is 11.2 Å². The quantitative estimate of drug-likeness (QED) is 0.175. The molecule has 0 bridgehead atoms. The van der Waals surface area contributed by atoms with Crippen molar-refractivity contribution in [3.8, 4) is 22.3 Å². The first-order chi connectivity index (χ1) is 24.8. The Morgan fingerprint density at radius 1 is 0.320 bits per heavy atom. The molecule has 9 aromatic carbocycles. The van der Waals surface area contributed by atoms with Gasteiger partial charge >= 0.3 is 0 Å². The van der Waals surface area contributed by atoms with Crippen molar-refractivity contribution >= 4 is 71.3 Å². The molecule has 0 atom stereocenters. The van der Waals surface area contributed by atoms with Gasteiger partial charge in [-0.2, -0.15) is 0 Å². The molecule has 0 aliphatic heterocycles. The van der Waals surface area contributed by atoms with Crippen LogP contribution >= 0.6 is 0 Å². The topological polar surface area (TPSA) is 16.4 Å². The summed E-state index contributed by atoms with van der Waals surface area (Å²) < 4.78 is 6.59. The first kappa shape index (κ1) is 28.4. The van der Waals surface area contributed by atoms with E-state index in [2.05, 4.69) is 193 Å². The Morgan fingerprint density at radius 2 is 0.860 bits per heavy atom. The van der Waals surface area contributed by atoms with Gasteiger partial charge in [-0.05, 0) is 97.0 Å². The van der Waals surface area contributed by atoms with E-state index in [-0.39, 0.29) is 0 Å². The Kier molecular flexibility index (Phi) is 6.53. The number of anilines is 3. The smallest absolute Gasteiger partial charge is 0.137 e. The molecule has 0 fully saturated rings. The third-order valence-electron chi connectivity index (χ3n) is 10.0. The minimum absolute atomic E-state index is 0.870. The maximum Gasteiger partial charge on any atom is 0.137 e. The number of nitrogens with zero attached hydrogens (tertiary/aromatic N) is 1. The Balaban J connectivity index is 1.23. The first-order valence-electron chi connectivity index (χ1n) is 17.1. The molecule has 2 heteroatoms. The molecule has 0 spiro atoms. The van der Waals surface area contributed by atoms with E-state index < -0.39 is 0 Å². The molecule has 0 unspecified atom stereocenters. The largest absolute Gasteiger partial charge is 0.456 e. The van der Waals surface area contributed by atoms with Crippen molar-refractivity contribution in [3.63, 3.8) is 0 Å². The van der Waals surface area contributed by atoms with E-state index in [4.69, 9.17) is 4.42 Å². The number of hydrogen-bond donors (Lipinski definition) is 0. The van der Waals surface area contributed by atoms with Crippen molar-refractivity contribution in [2.24, 2.45) is 0 Å². The van der Waals surface area contributed by atoms with Crippen LogP contribution in [-0.4, -0.2) is 0 Å². The van der Waals surface area contributed by atoms with Gasteiger partial charge in [-0.1, -0.05) is 140 Å². The molecule has 0 N–H and O–H groups in total. The predicted octanol–water partition coefficient (Wildman–Crippen LogP) is 13.8. The normalized spacial score (nSPS) is 11.6. The summed E-state index contributed by atoms with van der Waals surface area (Å²) in [5.74, 6) is 0. The molecule has 0 aliphatic rings. The highest BCUT2D eigenvalue weighted by Crippen LogP contribution is 2.44. The molecule has 0 saturated heterocycles. The van der Waals surface area contributed by atoms with Crippen molar-refractivity contribution in [2.45, 2.75) is 0 Å². The van der Waals surface area contributed by atoms with E-state index in [1.54, 1.807) is 0 Å². The first-order valence-corrected chi connectivity index (χ1v) is 17.1. The van der Waals surface area contributed by atoms with Crippen LogP contribution in [0.5, 0.6) is 0 Å². The van der Waals surface area contributed by atoms with E-state index in [9.17, 15) is 0 Å². The third-order valence-corrected chi connectivity index (χ3v) is 10.0. The number of hydrogen-bond acceptors (Lipinski definition) is 2. The average Bonchev–Trinajstić information content (AvgIpc) is 3.57. The summed E-state index contributed by atoms with van der Waals surface area (Å²) in [5, 5.41) is 9.63. The molecular formula is C48H31NO. The summed E-state index contributed by atoms with van der Waals surface area (Å²) in [4.78, 5) is 2.37. The second-order valence-corrected chi connectivity index (χ2v) is 12.9. The fraction of sp³-hybridized carbons (Fsp3) is 0. The van der Waals surface area contributed by atoms with Gasteiger partial charge in [0.2, 0.25) is 0 Å². The molecule has 2 nitrogen and oxygen atoms in total. The van der Waals surface area contributed by atoms with Crippen molar-refractivity contribution in [3.05, 3.63) is 188 Å². The summed E-state index contributed by atoms with van der Waals surface area (Å²) in [5.41, 5.74) is 9.71. The maximum atomic E-state index is 6.59. The number of fused-ring (bicyclic) bond motifs is 8. The lowest BCUT2D eigenvalue weighted by molar-refractivity contribution is 0.669. The van der Waals surface area contributed by atoms with Crippen LogP contribution in [0.1, 0.15) is 0 Å². The molecule has 1 aromatic heterocycles. The maximum absolute atomic E-state index is 6.59. The average molecular weight is 638 g/mol. The number of rotatable bonds is 5. The van der Waals surface area contributed by atoms with Gasteiger partial charge < -0.3 is 9.32 Å². The van der Waals surface area contributed by atoms with Gasteiger partial charge in [0.15, 0.2) is 0 Å². The fourth-order valence-electron chi connectivity index (χ4n) is 7.65. The lowest BCUT2D eigenvalue weighted by atomic mass is 9.93. The van der Waals surface area contributed by atoms with E-state index in [0.29, 0.717) is 0 Å². The monoisotopic (exact) mass is 637 g/mol. The third kappa shape index (κ3) is 4.65. The van der Waals surface area contributed by atoms with Crippen molar-refractivity contribution in [1.29, 1.82) is 0 Å². The SMILES string of the molecule is c1ccc(-c2ccc(N(c3ccc4c(c3)oc3ccc5ccccc5c34)c3ccc4ccc5ccccc5c4c3)cc2-c2ccccc2)cc1. The molecule has 0 aliphatic carbocycles. The van der Waals surface area contributed by atoms with E-state index in [1.165, 1.54) is 54.6 Å². The molecule has 0 saturated carbocycles. The van der Waals surface area contributed by atoms with Crippen LogP contribution in [-0.2, 0) is 0 Å². The molecule has 1 heterocycles. The van der Waals surface area contributed by atoms with Gasteiger partial charge in [0, 0.05) is 33.9 Å². The zero-order valence-corrected chi connectivity index (χ0v) is 27.3. The zero-order chi connectivity index (χ0) is 33.0. The number of benzene rings is 9. The summed E-state index contributed by atoms with van der Waals surface area (Å²) in [6, 6.07) is 67.5. The van der Waals surface area contributed by atoms with E-state index in [0.717, 1.165) is 39.0 Å². The highest BCUT2D eigenvalue weighted by molar-refractivity contribution is 6.19. The second kappa shape index (κ2) is 11.5. The molecule has 0 amide bonds. The summed E-state index contributed by atoms with van der Waals surface area (Å²) in [6.07, 6.45) is 0. The highest BCUT2D eigenvalue weighted by Gasteiger charge is 2.19. The molecule has 10 aromatic rings. The molecule has 234 valence electrons. The van der Waals surface area contributed by atoms with Crippen LogP contribution in [0.4, 0.5) is 17.1 Å². The standard InChI is InChI=1S/C48H31NO/c1-3-11-32(12-4-1)41-26-24-38(30-44(41)33-13-5-2-6-14-33)49(37-23-21-36-20-19-34-15-7-9-17-40(34)45(36)29-37)39-25-27-43-47(31-39)50-46-28-22-35-16-8-10-18-42(35)48(43)46/h1-31H. The zero-order valence-electron chi connectivity index (χ0n) is 27.3. The predicted molar refractivity (Wildman–Crippen MR) is 212 cm³/mol. The van der Waals surface area contributed by atoms with Crippen LogP contribution in [0.2, 0.25) is 0 Å². The van der Waals surface area contributed by atoms with Gasteiger partial charge in [-0.25, -0.2) is 0 Å². The molecule has 0 radical (unpaired) electrons. The van der Waals surface area contributed by atoms with E-state index in [1.807, 2.05) is 0 Å². The summed E-state index contributed by atoms with van der Waals surface area (Å²) >= 11 is 0. The lowest BCUT2D eigenvalue weighted by Crippen LogP contribution is -2.10. The fourth-order valence-corrected chi connectivity index (χ4v) is 7.65. The Morgan fingerprint density at radius 3 is 1.64 bits per heavy atom.